The number of nitrogens with one attached hydrogen (secondary N) is 1. The van der Waals surface area contributed by atoms with E-state index < -0.39 is 5.91 Å². The lowest BCUT2D eigenvalue weighted by Crippen LogP contribution is -2.52. The zero-order chi connectivity index (χ0) is 13.2. The minimum atomic E-state index is -0.414. The first-order chi connectivity index (χ1) is 8.53. The molecule has 0 spiro atoms. The molecule has 1 aliphatic heterocycles. The molecule has 2 heterocycles. The lowest BCUT2D eigenvalue weighted by Gasteiger charge is -2.41. The number of nitrogens with zero attached hydrogens (tertiary/aromatic N) is 1. The first kappa shape index (κ1) is 13.1. The number of rotatable bonds is 3. The summed E-state index contributed by atoms with van der Waals surface area (Å²) in [7, 11) is 0. The third-order valence-electron chi connectivity index (χ3n) is 3.18. The van der Waals surface area contributed by atoms with E-state index in [-0.39, 0.29) is 11.3 Å². The van der Waals surface area contributed by atoms with Gasteiger partial charge in [-0.1, -0.05) is 0 Å². The van der Waals surface area contributed by atoms with Gasteiger partial charge in [-0.05, 0) is 26.0 Å². The van der Waals surface area contributed by atoms with Crippen LogP contribution < -0.4 is 11.3 Å². The van der Waals surface area contributed by atoms with Crippen molar-refractivity contribution in [1.29, 1.82) is 0 Å². The minimum Gasteiger partial charge on any atom is -0.455 e. The molecule has 0 unspecified atom stereocenters. The number of nitrogens with two attached hydrogens (primary N) is 1. The second-order valence-corrected chi connectivity index (χ2v) is 5.03. The molecule has 3 N–H and O–H groups in total. The summed E-state index contributed by atoms with van der Waals surface area (Å²) >= 11 is 0. The molecule has 1 fully saturated rings. The quantitative estimate of drug-likeness (QED) is 0.465. The summed E-state index contributed by atoms with van der Waals surface area (Å²) in [6.45, 7) is 7.19. The molecule has 1 saturated heterocycles. The number of morpholine rings is 1. The van der Waals surface area contributed by atoms with E-state index in [4.69, 9.17) is 15.0 Å². The van der Waals surface area contributed by atoms with Crippen LogP contribution >= 0.6 is 0 Å². The van der Waals surface area contributed by atoms with E-state index >= 15 is 0 Å². The average molecular weight is 253 g/mol. The highest BCUT2D eigenvalue weighted by atomic mass is 16.5. The van der Waals surface area contributed by atoms with Gasteiger partial charge in [0.2, 0.25) is 0 Å². The number of carbonyl (C=O) groups excluding carboxylic acids is 1. The number of hydrogen-bond donors (Lipinski definition) is 2. The molecular formula is C12H19N3O3. The fourth-order valence-electron chi connectivity index (χ4n) is 2.03. The van der Waals surface area contributed by atoms with Crippen LogP contribution in [0.1, 0.15) is 30.2 Å². The Bertz CT molecular complexity index is 428. The van der Waals surface area contributed by atoms with Crippen molar-refractivity contribution in [3.63, 3.8) is 0 Å². The molecule has 0 atom stereocenters. The van der Waals surface area contributed by atoms with E-state index in [9.17, 15) is 4.79 Å². The highest BCUT2D eigenvalue weighted by Crippen LogP contribution is 2.22. The fraction of sp³-hybridized carbons (Fsp3) is 0.583. The van der Waals surface area contributed by atoms with Crippen molar-refractivity contribution < 1.29 is 13.9 Å². The van der Waals surface area contributed by atoms with Gasteiger partial charge < -0.3 is 9.15 Å². The number of amides is 1. The number of ether oxygens (including phenoxy) is 1. The van der Waals surface area contributed by atoms with Crippen molar-refractivity contribution in [3.8, 4) is 0 Å². The van der Waals surface area contributed by atoms with Crippen LogP contribution in [-0.4, -0.2) is 36.1 Å². The van der Waals surface area contributed by atoms with Crippen LogP contribution in [0.2, 0.25) is 0 Å². The molecule has 0 bridgehead atoms. The molecule has 0 radical (unpaired) electrons. The van der Waals surface area contributed by atoms with Crippen molar-refractivity contribution in [3.05, 3.63) is 23.7 Å². The summed E-state index contributed by atoms with van der Waals surface area (Å²) in [4.78, 5) is 13.6. The molecule has 0 aromatic carbocycles. The first-order valence-corrected chi connectivity index (χ1v) is 5.95. The molecule has 6 heteroatoms. The number of furan rings is 1. The SMILES string of the molecule is CC1(C)COCCN1Cc1ccc(C(=O)NN)o1. The van der Waals surface area contributed by atoms with Gasteiger partial charge in [0.1, 0.15) is 5.76 Å². The van der Waals surface area contributed by atoms with Crippen LogP contribution in [0.3, 0.4) is 0 Å². The normalized spacial score (nSPS) is 19.7. The molecule has 2 rings (SSSR count). The van der Waals surface area contributed by atoms with Gasteiger partial charge in [-0.2, -0.15) is 0 Å². The van der Waals surface area contributed by atoms with Gasteiger partial charge in [0.25, 0.3) is 0 Å². The van der Waals surface area contributed by atoms with Gasteiger partial charge in [-0.3, -0.25) is 15.1 Å². The van der Waals surface area contributed by atoms with Gasteiger partial charge in [0, 0.05) is 12.1 Å². The van der Waals surface area contributed by atoms with Gasteiger partial charge in [0.05, 0.1) is 19.8 Å². The lowest BCUT2D eigenvalue weighted by atomic mass is 10.0. The molecule has 0 aliphatic carbocycles. The monoisotopic (exact) mass is 253 g/mol. The second kappa shape index (κ2) is 5.09. The van der Waals surface area contributed by atoms with Crippen molar-refractivity contribution in [2.45, 2.75) is 25.9 Å². The van der Waals surface area contributed by atoms with Gasteiger partial charge in [-0.15, -0.1) is 0 Å². The van der Waals surface area contributed by atoms with Crippen LogP contribution in [0.5, 0.6) is 0 Å². The maximum atomic E-state index is 11.3. The standard InChI is InChI=1S/C12H19N3O3/c1-12(2)8-17-6-5-15(12)7-9-3-4-10(18-9)11(16)14-13/h3-4H,5-8,13H2,1-2H3,(H,14,16). The number of hydrazine groups is 1. The van der Waals surface area contributed by atoms with Crippen molar-refractivity contribution in [2.75, 3.05) is 19.8 Å². The van der Waals surface area contributed by atoms with Crippen molar-refractivity contribution in [1.82, 2.24) is 10.3 Å². The Morgan fingerprint density at radius 2 is 2.33 bits per heavy atom. The number of hydrogen-bond acceptors (Lipinski definition) is 5. The molecule has 18 heavy (non-hydrogen) atoms. The van der Waals surface area contributed by atoms with Crippen molar-refractivity contribution in [2.24, 2.45) is 5.84 Å². The molecule has 100 valence electrons. The Kier molecular flexibility index (Phi) is 3.70. The number of nitrogen functional groups attached to an aromatic ring is 1. The molecule has 1 aromatic heterocycles. The van der Waals surface area contributed by atoms with Crippen LogP contribution in [-0.2, 0) is 11.3 Å². The fourth-order valence-corrected chi connectivity index (χ4v) is 2.03. The topological polar surface area (TPSA) is 80.7 Å². The summed E-state index contributed by atoms with van der Waals surface area (Å²) in [6, 6.07) is 3.43. The molecule has 1 amide bonds. The van der Waals surface area contributed by atoms with E-state index in [1.807, 2.05) is 5.43 Å². The smallest absolute Gasteiger partial charge is 0.300 e. The Hall–Kier alpha value is -1.37. The third-order valence-corrected chi connectivity index (χ3v) is 3.18. The molecule has 1 aliphatic rings. The van der Waals surface area contributed by atoms with Crippen LogP contribution in [0.4, 0.5) is 0 Å². The maximum absolute atomic E-state index is 11.3. The van der Waals surface area contributed by atoms with Crippen LogP contribution in [0, 0.1) is 0 Å². The summed E-state index contributed by atoms with van der Waals surface area (Å²) < 4.78 is 10.9. The van der Waals surface area contributed by atoms with Gasteiger partial charge >= 0.3 is 5.91 Å². The minimum absolute atomic E-state index is 0.0265. The van der Waals surface area contributed by atoms with E-state index in [0.717, 1.165) is 18.9 Å². The Morgan fingerprint density at radius 3 is 3.00 bits per heavy atom. The average Bonchev–Trinajstić information content (AvgIpc) is 2.79. The van der Waals surface area contributed by atoms with Crippen LogP contribution in [0.15, 0.2) is 16.5 Å². The highest BCUT2D eigenvalue weighted by molar-refractivity contribution is 5.90. The highest BCUT2D eigenvalue weighted by Gasteiger charge is 2.31. The van der Waals surface area contributed by atoms with Crippen LogP contribution in [0.25, 0.3) is 0 Å². The zero-order valence-corrected chi connectivity index (χ0v) is 10.7. The molecular weight excluding hydrogens is 234 g/mol. The molecule has 6 nitrogen and oxygen atoms in total. The first-order valence-electron chi connectivity index (χ1n) is 5.95. The maximum Gasteiger partial charge on any atom is 0.300 e. The van der Waals surface area contributed by atoms with E-state index in [1.165, 1.54) is 0 Å². The summed E-state index contributed by atoms with van der Waals surface area (Å²) in [5, 5.41) is 0. The van der Waals surface area contributed by atoms with E-state index in [2.05, 4.69) is 18.7 Å². The number of carbonyl (C=O) groups is 1. The van der Waals surface area contributed by atoms with E-state index in [1.54, 1.807) is 12.1 Å². The lowest BCUT2D eigenvalue weighted by molar-refractivity contribution is -0.0577. The summed E-state index contributed by atoms with van der Waals surface area (Å²) in [6.07, 6.45) is 0. The van der Waals surface area contributed by atoms with Gasteiger partial charge in [0.15, 0.2) is 5.76 Å². The predicted octanol–water partition coefficient (Wildman–Crippen LogP) is 0.494. The Labute approximate surface area is 106 Å². The molecule has 1 aromatic rings. The Morgan fingerprint density at radius 1 is 1.56 bits per heavy atom. The zero-order valence-electron chi connectivity index (χ0n) is 10.7. The third kappa shape index (κ3) is 2.72. The van der Waals surface area contributed by atoms with Crippen molar-refractivity contribution >= 4 is 5.91 Å². The Balaban J connectivity index is 2.04. The summed E-state index contributed by atoms with van der Waals surface area (Å²) in [5.74, 6) is 5.63. The predicted molar refractivity (Wildman–Crippen MR) is 65.7 cm³/mol. The summed E-state index contributed by atoms with van der Waals surface area (Å²) in [5.41, 5.74) is 2.02. The molecule has 0 saturated carbocycles. The van der Waals surface area contributed by atoms with E-state index in [0.29, 0.717) is 13.2 Å². The van der Waals surface area contributed by atoms with Gasteiger partial charge in [-0.25, -0.2) is 5.84 Å². The second-order valence-electron chi connectivity index (χ2n) is 5.03. The largest absolute Gasteiger partial charge is 0.455 e.